The molecule has 3 aromatic rings. The summed E-state index contributed by atoms with van der Waals surface area (Å²) in [6.07, 6.45) is 3.35. The second kappa shape index (κ2) is 8.02. The molecule has 6 heteroatoms. The van der Waals surface area contributed by atoms with Gasteiger partial charge in [-0.25, -0.2) is 4.98 Å². The normalized spacial score (nSPS) is 10.2. The molecule has 3 rings (SSSR count). The highest BCUT2D eigenvalue weighted by Crippen LogP contribution is 2.14. The minimum absolute atomic E-state index is 0.196. The summed E-state index contributed by atoms with van der Waals surface area (Å²) in [6.45, 7) is 0.344. The topological polar surface area (TPSA) is 75.2 Å². The van der Waals surface area contributed by atoms with Gasteiger partial charge in [-0.15, -0.1) is 0 Å². The van der Waals surface area contributed by atoms with Crippen LogP contribution in [-0.2, 0) is 6.54 Å². The predicted molar refractivity (Wildman–Crippen MR) is 98.8 cm³/mol. The number of hydrogen-bond acceptors (Lipinski definition) is 4. The number of para-hydroxylation sites is 1. The summed E-state index contributed by atoms with van der Waals surface area (Å²) >= 11 is 0. The van der Waals surface area contributed by atoms with E-state index >= 15 is 0 Å². The molecule has 0 aliphatic carbocycles. The molecule has 26 heavy (non-hydrogen) atoms. The summed E-state index contributed by atoms with van der Waals surface area (Å²) in [6, 6.07) is 17.8. The molecule has 2 heterocycles. The number of nitrogens with zero attached hydrogens (tertiary/aromatic N) is 3. The first-order chi connectivity index (χ1) is 12.6. The molecule has 1 aromatic carbocycles. The van der Waals surface area contributed by atoms with Crippen LogP contribution in [0.15, 0.2) is 73.1 Å². The molecule has 0 saturated heterocycles. The second-order valence-corrected chi connectivity index (χ2v) is 5.65. The zero-order chi connectivity index (χ0) is 18.4. The SMILES string of the molecule is CN(C(=O)c1cccc(C(=O)NCc2cccnc2)n1)c1ccccc1. The fraction of sp³-hybridized carbons (Fsp3) is 0.100. The number of carbonyl (C=O) groups excluding carboxylic acids is 2. The standard InChI is InChI=1S/C20H18N4O2/c1-24(16-8-3-2-4-9-16)20(26)18-11-5-10-17(23-18)19(25)22-14-15-7-6-12-21-13-15/h2-13H,14H2,1H3,(H,22,25). The molecule has 0 spiro atoms. The van der Waals surface area contributed by atoms with Gasteiger partial charge in [-0.3, -0.25) is 14.6 Å². The number of aromatic nitrogens is 2. The summed E-state index contributed by atoms with van der Waals surface area (Å²) in [7, 11) is 1.68. The zero-order valence-corrected chi connectivity index (χ0v) is 14.3. The third-order valence-corrected chi connectivity index (χ3v) is 3.82. The minimum Gasteiger partial charge on any atom is -0.347 e. The van der Waals surface area contributed by atoms with Gasteiger partial charge in [-0.2, -0.15) is 0 Å². The molecule has 0 unspecified atom stereocenters. The Morgan fingerprint density at radius 3 is 2.46 bits per heavy atom. The van der Waals surface area contributed by atoms with Gasteiger partial charge in [0, 0.05) is 31.7 Å². The lowest BCUT2D eigenvalue weighted by atomic mass is 10.2. The maximum Gasteiger partial charge on any atom is 0.276 e. The van der Waals surface area contributed by atoms with Crippen LogP contribution < -0.4 is 10.2 Å². The Morgan fingerprint density at radius 2 is 1.73 bits per heavy atom. The third kappa shape index (κ3) is 4.10. The summed E-state index contributed by atoms with van der Waals surface area (Å²) in [5.41, 5.74) is 2.05. The van der Waals surface area contributed by atoms with E-state index in [9.17, 15) is 9.59 Å². The number of amides is 2. The molecule has 6 nitrogen and oxygen atoms in total. The second-order valence-electron chi connectivity index (χ2n) is 5.65. The number of benzene rings is 1. The quantitative estimate of drug-likeness (QED) is 0.771. The van der Waals surface area contributed by atoms with E-state index in [0.29, 0.717) is 6.54 Å². The van der Waals surface area contributed by atoms with Gasteiger partial charge < -0.3 is 10.2 Å². The molecule has 2 amide bonds. The van der Waals surface area contributed by atoms with Crippen molar-refractivity contribution >= 4 is 17.5 Å². The van der Waals surface area contributed by atoms with E-state index in [0.717, 1.165) is 11.3 Å². The van der Waals surface area contributed by atoms with Crippen molar-refractivity contribution in [1.82, 2.24) is 15.3 Å². The Kier molecular flexibility index (Phi) is 5.34. The van der Waals surface area contributed by atoms with E-state index in [1.54, 1.807) is 43.7 Å². The van der Waals surface area contributed by atoms with Crippen LogP contribution in [0.25, 0.3) is 0 Å². The zero-order valence-electron chi connectivity index (χ0n) is 14.3. The maximum absolute atomic E-state index is 12.6. The van der Waals surface area contributed by atoms with Crippen molar-refractivity contribution < 1.29 is 9.59 Å². The fourth-order valence-corrected chi connectivity index (χ4v) is 2.40. The lowest BCUT2D eigenvalue weighted by Gasteiger charge is -2.17. The molecule has 2 aromatic heterocycles. The molecule has 1 N–H and O–H groups in total. The van der Waals surface area contributed by atoms with E-state index < -0.39 is 0 Å². The summed E-state index contributed by atoms with van der Waals surface area (Å²) in [5, 5.41) is 2.78. The van der Waals surface area contributed by atoms with E-state index in [1.807, 2.05) is 36.4 Å². The number of rotatable bonds is 5. The van der Waals surface area contributed by atoms with Crippen molar-refractivity contribution in [3.05, 3.63) is 90.0 Å². The van der Waals surface area contributed by atoms with Crippen molar-refractivity contribution in [2.24, 2.45) is 0 Å². The smallest absolute Gasteiger partial charge is 0.276 e. The van der Waals surface area contributed by atoms with Crippen LogP contribution in [-0.4, -0.2) is 28.8 Å². The van der Waals surface area contributed by atoms with Gasteiger partial charge in [0.2, 0.25) is 0 Å². The van der Waals surface area contributed by atoms with Gasteiger partial charge in [0.15, 0.2) is 0 Å². The summed E-state index contributed by atoms with van der Waals surface area (Å²) < 4.78 is 0. The predicted octanol–water partition coefficient (Wildman–Crippen LogP) is 2.68. The lowest BCUT2D eigenvalue weighted by Crippen LogP contribution is -2.29. The van der Waals surface area contributed by atoms with Crippen molar-refractivity contribution in [2.45, 2.75) is 6.54 Å². The van der Waals surface area contributed by atoms with E-state index in [1.165, 1.54) is 4.90 Å². The maximum atomic E-state index is 12.6. The van der Waals surface area contributed by atoms with Crippen LogP contribution in [0.5, 0.6) is 0 Å². The van der Waals surface area contributed by atoms with Gasteiger partial charge in [0.25, 0.3) is 11.8 Å². The molecule has 130 valence electrons. The van der Waals surface area contributed by atoms with Crippen molar-refractivity contribution in [2.75, 3.05) is 11.9 Å². The molecule has 0 aliphatic rings. The molecule has 0 bridgehead atoms. The minimum atomic E-state index is -0.342. The van der Waals surface area contributed by atoms with E-state index in [2.05, 4.69) is 15.3 Å². The number of carbonyl (C=O) groups is 2. The molecule has 0 saturated carbocycles. The molecule has 0 radical (unpaired) electrons. The van der Waals surface area contributed by atoms with Gasteiger partial charge in [-0.05, 0) is 35.9 Å². The molecular weight excluding hydrogens is 328 g/mol. The Morgan fingerprint density at radius 1 is 0.962 bits per heavy atom. The number of pyridine rings is 2. The van der Waals surface area contributed by atoms with Gasteiger partial charge in [0.05, 0.1) is 0 Å². The Hall–Kier alpha value is -3.54. The van der Waals surface area contributed by atoms with Crippen LogP contribution in [0.2, 0.25) is 0 Å². The largest absolute Gasteiger partial charge is 0.347 e. The monoisotopic (exact) mass is 346 g/mol. The van der Waals surface area contributed by atoms with Crippen LogP contribution >= 0.6 is 0 Å². The molecule has 0 aliphatic heterocycles. The Balaban J connectivity index is 1.71. The first-order valence-electron chi connectivity index (χ1n) is 8.12. The first kappa shape index (κ1) is 17.3. The summed E-state index contributed by atoms with van der Waals surface area (Å²) in [5.74, 6) is -0.621. The Bertz CT molecular complexity index is 898. The molecule has 0 fully saturated rings. The molecule has 0 atom stereocenters. The van der Waals surface area contributed by atoms with Crippen LogP contribution in [0, 0.1) is 0 Å². The number of nitrogens with one attached hydrogen (secondary N) is 1. The van der Waals surface area contributed by atoms with Crippen molar-refractivity contribution in [3.8, 4) is 0 Å². The van der Waals surface area contributed by atoms with Crippen LogP contribution in [0.4, 0.5) is 5.69 Å². The number of hydrogen-bond donors (Lipinski definition) is 1. The van der Waals surface area contributed by atoms with Crippen molar-refractivity contribution in [1.29, 1.82) is 0 Å². The van der Waals surface area contributed by atoms with Gasteiger partial charge in [-0.1, -0.05) is 30.3 Å². The highest BCUT2D eigenvalue weighted by atomic mass is 16.2. The molecular formula is C20H18N4O2. The average Bonchev–Trinajstić information content (AvgIpc) is 2.72. The third-order valence-electron chi connectivity index (χ3n) is 3.82. The summed E-state index contributed by atoms with van der Waals surface area (Å²) in [4.78, 5) is 34.7. The van der Waals surface area contributed by atoms with Crippen LogP contribution in [0.3, 0.4) is 0 Å². The Labute approximate surface area is 151 Å². The fourth-order valence-electron chi connectivity index (χ4n) is 2.40. The highest BCUT2D eigenvalue weighted by molar-refractivity contribution is 6.05. The highest BCUT2D eigenvalue weighted by Gasteiger charge is 2.16. The van der Waals surface area contributed by atoms with Crippen molar-refractivity contribution in [3.63, 3.8) is 0 Å². The average molecular weight is 346 g/mol. The lowest BCUT2D eigenvalue weighted by molar-refractivity contribution is 0.0945. The van der Waals surface area contributed by atoms with E-state index in [4.69, 9.17) is 0 Å². The number of anilines is 1. The van der Waals surface area contributed by atoms with Gasteiger partial charge in [0.1, 0.15) is 11.4 Å². The van der Waals surface area contributed by atoms with Crippen LogP contribution in [0.1, 0.15) is 26.5 Å². The first-order valence-corrected chi connectivity index (χ1v) is 8.12. The van der Waals surface area contributed by atoms with E-state index in [-0.39, 0.29) is 23.2 Å². The van der Waals surface area contributed by atoms with Gasteiger partial charge >= 0.3 is 0 Å².